The minimum absolute atomic E-state index is 0.215. The fourth-order valence-electron chi connectivity index (χ4n) is 2.25. The van der Waals surface area contributed by atoms with Crippen molar-refractivity contribution in [3.05, 3.63) is 60.2 Å². The van der Waals surface area contributed by atoms with E-state index >= 15 is 0 Å². The van der Waals surface area contributed by atoms with E-state index in [2.05, 4.69) is 5.32 Å². The normalized spacial score (nSPS) is 10.1. The average Bonchev–Trinajstić information content (AvgIpc) is 2.68. The van der Waals surface area contributed by atoms with E-state index in [1.54, 1.807) is 48.5 Å². The molecule has 0 aromatic heterocycles. The molecule has 0 saturated carbocycles. The van der Waals surface area contributed by atoms with E-state index in [1.165, 1.54) is 11.9 Å². The predicted molar refractivity (Wildman–Crippen MR) is 100 cm³/mol. The summed E-state index contributed by atoms with van der Waals surface area (Å²) in [5.74, 6) is -2.09. The van der Waals surface area contributed by atoms with Gasteiger partial charge in [0.2, 0.25) is 0 Å². The number of hydrogen-bond donors (Lipinski definition) is 1. The summed E-state index contributed by atoms with van der Waals surface area (Å²) in [5, 5.41) is 2.50. The van der Waals surface area contributed by atoms with Crippen LogP contribution in [0.15, 0.2) is 54.6 Å². The van der Waals surface area contributed by atoms with E-state index in [0.717, 1.165) is 12.8 Å². The summed E-state index contributed by atoms with van der Waals surface area (Å²) in [6.07, 6.45) is 1.67. The first kappa shape index (κ1) is 19.2. The van der Waals surface area contributed by atoms with Gasteiger partial charge in [-0.1, -0.05) is 43.7 Å². The van der Waals surface area contributed by atoms with E-state index in [4.69, 9.17) is 4.74 Å². The maximum atomic E-state index is 12.3. The topological polar surface area (TPSA) is 75.7 Å². The molecule has 2 aromatic carbocycles. The molecule has 1 N–H and O–H groups in total. The first-order chi connectivity index (χ1) is 12.5. The van der Waals surface area contributed by atoms with Crippen LogP contribution in [0.3, 0.4) is 0 Å². The summed E-state index contributed by atoms with van der Waals surface area (Å²) < 4.78 is 5.18. The van der Waals surface area contributed by atoms with E-state index < -0.39 is 17.8 Å². The van der Waals surface area contributed by atoms with Crippen LogP contribution in [0, 0.1) is 0 Å². The van der Waals surface area contributed by atoms with Crippen LogP contribution in [0.4, 0.5) is 11.4 Å². The third-order valence-electron chi connectivity index (χ3n) is 3.77. The molecule has 0 aliphatic heterocycles. The van der Waals surface area contributed by atoms with Gasteiger partial charge in [-0.3, -0.25) is 9.59 Å². The lowest BCUT2D eigenvalue weighted by atomic mass is 10.1. The minimum Gasteiger partial charge on any atom is -0.462 e. The van der Waals surface area contributed by atoms with Crippen LogP contribution in [-0.2, 0) is 14.3 Å². The van der Waals surface area contributed by atoms with Crippen molar-refractivity contribution >= 4 is 29.2 Å². The number of amides is 2. The first-order valence-electron chi connectivity index (χ1n) is 8.44. The van der Waals surface area contributed by atoms with Crippen LogP contribution >= 0.6 is 0 Å². The standard InChI is InChI=1S/C20H22N2O4/c1-3-4-14-26-20(25)16-12-8-9-13-17(16)21-18(23)19(24)22(2)15-10-6-5-7-11-15/h5-13H,3-4,14H2,1-2H3,(H,21,23). The van der Waals surface area contributed by atoms with Gasteiger partial charge >= 0.3 is 17.8 Å². The zero-order valence-electron chi connectivity index (χ0n) is 14.9. The van der Waals surface area contributed by atoms with Crippen molar-refractivity contribution in [2.24, 2.45) is 0 Å². The summed E-state index contributed by atoms with van der Waals surface area (Å²) in [5.41, 5.74) is 1.06. The number of unbranched alkanes of at least 4 members (excludes halogenated alkanes) is 1. The Morgan fingerprint density at radius 2 is 1.65 bits per heavy atom. The lowest BCUT2D eigenvalue weighted by Gasteiger charge is -2.17. The summed E-state index contributed by atoms with van der Waals surface area (Å²) in [6.45, 7) is 2.31. The number of hydrogen-bond acceptors (Lipinski definition) is 4. The van der Waals surface area contributed by atoms with Gasteiger partial charge < -0.3 is 15.0 Å². The second-order valence-corrected chi connectivity index (χ2v) is 5.69. The van der Waals surface area contributed by atoms with Crippen molar-refractivity contribution in [3.63, 3.8) is 0 Å². The van der Waals surface area contributed by atoms with Crippen LogP contribution in [0.2, 0.25) is 0 Å². The fraction of sp³-hybridized carbons (Fsp3) is 0.250. The average molecular weight is 354 g/mol. The number of para-hydroxylation sites is 2. The van der Waals surface area contributed by atoms with Gasteiger partial charge in [-0.15, -0.1) is 0 Å². The molecule has 0 unspecified atom stereocenters. The van der Waals surface area contributed by atoms with E-state index in [0.29, 0.717) is 12.3 Å². The van der Waals surface area contributed by atoms with Gasteiger partial charge in [0.05, 0.1) is 17.9 Å². The molecule has 2 amide bonds. The van der Waals surface area contributed by atoms with E-state index in [9.17, 15) is 14.4 Å². The number of nitrogens with zero attached hydrogens (tertiary/aromatic N) is 1. The zero-order valence-corrected chi connectivity index (χ0v) is 14.9. The number of anilines is 2. The Labute approximate surface area is 152 Å². The zero-order chi connectivity index (χ0) is 18.9. The molecule has 0 atom stereocenters. The molecule has 0 fully saturated rings. The Morgan fingerprint density at radius 1 is 1.00 bits per heavy atom. The molecular formula is C20H22N2O4. The Balaban J connectivity index is 2.09. The first-order valence-corrected chi connectivity index (χ1v) is 8.44. The highest BCUT2D eigenvalue weighted by atomic mass is 16.5. The molecule has 136 valence electrons. The van der Waals surface area contributed by atoms with E-state index in [1.807, 2.05) is 13.0 Å². The van der Waals surface area contributed by atoms with Crippen molar-refractivity contribution in [3.8, 4) is 0 Å². The van der Waals surface area contributed by atoms with Crippen LogP contribution in [-0.4, -0.2) is 31.4 Å². The largest absolute Gasteiger partial charge is 0.462 e. The Bertz CT molecular complexity index is 774. The summed E-state index contributed by atoms with van der Waals surface area (Å²) in [7, 11) is 1.52. The molecule has 0 spiro atoms. The molecular weight excluding hydrogens is 332 g/mol. The maximum Gasteiger partial charge on any atom is 0.340 e. The summed E-state index contributed by atoms with van der Waals surface area (Å²) >= 11 is 0. The van der Waals surface area contributed by atoms with Crippen molar-refractivity contribution in [2.75, 3.05) is 23.9 Å². The molecule has 0 aliphatic rings. The van der Waals surface area contributed by atoms with Gasteiger partial charge in [-0.25, -0.2) is 4.79 Å². The minimum atomic E-state index is -0.829. The second kappa shape index (κ2) is 9.36. The van der Waals surface area contributed by atoms with Crippen LogP contribution in [0.1, 0.15) is 30.1 Å². The number of rotatable bonds is 6. The van der Waals surface area contributed by atoms with Crippen molar-refractivity contribution in [1.29, 1.82) is 0 Å². The van der Waals surface area contributed by atoms with E-state index in [-0.39, 0.29) is 11.3 Å². The third-order valence-corrected chi connectivity index (χ3v) is 3.77. The number of esters is 1. The number of likely N-dealkylation sites (N-methyl/N-ethyl adjacent to an activating group) is 1. The highest BCUT2D eigenvalue weighted by Gasteiger charge is 2.22. The molecule has 0 bridgehead atoms. The smallest absolute Gasteiger partial charge is 0.340 e. The van der Waals surface area contributed by atoms with Gasteiger partial charge in [0.1, 0.15) is 0 Å². The SMILES string of the molecule is CCCCOC(=O)c1ccccc1NC(=O)C(=O)N(C)c1ccccc1. The predicted octanol–water partition coefficient (Wildman–Crippen LogP) is 3.25. The Morgan fingerprint density at radius 3 is 2.35 bits per heavy atom. The van der Waals surface area contributed by atoms with Crippen LogP contribution in [0.25, 0.3) is 0 Å². The number of carbonyl (C=O) groups is 3. The van der Waals surface area contributed by atoms with Crippen LogP contribution < -0.4 is 10.2 Å². The van der Waals surface area contributed by atoms with Crippen molar-refractivity contribution < 1.29 is 19.1 Å². The quantitative estimate of drug-likeness (QED) is 0.491. The number of carbonyl (C=O) groups excluding carboxylic acids is 3. The second-order valence-electron chi connectivity index (χ2n) is 5.69. The summed E-state index contributed by atoms with van der Waals surface area (Å²) in [4.78, 5) is 38.1. The molecule has 6 heteroatoms. The number of benzene rings is 2. The highest BCUT2D eigenvalue weighted by Crippen LogP contribution is 2.17. The molecule has 2 rings (SSSR count). The van der Waals surface area contributed by atoms with Crippen LogP contribution in [0.5, 0.6) is 0 Å². The highest BCUT2D eigenvalue weighted by molar-refractivity contribution is 6.44. The van der Waals surface area contributed by atoms with Crippen molar-refractivity contribution in [2.45, 2.75) is 19.8 Å². The van der Waals surface area contributed by atoms with Gasteiger partial charge in [0, 0.05) is 12.7 Å². The number of ether oxygens (including phenoxy) is 1. The molecule has 0 saturated heterocycles. The van der Waals surface area contributed by atoms with Gasteiger partial charge in [0.15, 0.2) is 0 Å². The lowest BCUT2D eigenvalue weighted by molar-refractivity contribution is -0.134. The molecule has 0 radical (unpaired) electrons. The monoisotopic (exact) mass is 354 g/mol. The molecule has 26 heavy (non-hydrogen) atoms. The van der Waals surface area contributed by atoms with Crippen molar-refractivity contribution in [1.82, 2.24) is 0 Å². The summed E-state index contributed by atoms with van der Waals surface area (Å²) in [6, 6.07) is 15.3. The molecule has 2 aromatic rings. The van der Waals surface area contributed by atoms with Gasteiger partial charge in [-0.05, 0) is 30.7 Å². The fourth-order valence-corrected chi connectivity index (χ4v) is 2.25. The Hall–Kier alpha value is -3.15. The lowest BCUT2D eigenvalue weighted by Crippen LogP contribution is -2.37. The number of nitrogens with one attached hydrogen (secondary N) is 1. The third kappa shape index (κ3) is 4.92. The maximum absolute atomic E-state index is 12.3. The molecule has 6 nitrogen and oxygen atoms in total. The Kier molecular flexibility index (Phi) is 6.91. The molecule has 0 heterocycles. The van der Waals surface area contributed by atoms with Gasteiger partial charge in [-0.2, -0.15) is 0 Å². The molecule has 0 aliphatic carbocycles. The van der Waals surface area contributed by atoms with Gasteiger partial charge in [0.25, 0.3) is 0 Å².